The predicted octanol–water partition coefficient (Wildman–Crippen LogP) is 3.51. The summed E-state index contributed by atoms with van der Waals surface area (Å²) in [6.07, 6.45) is 6.75. The third-order valence-corrected chi connectivity index (χ3v) is 10.3. The van der Waals surface area contributed by atoms with E-state index in [0.29, 0.717) is 6.42 Å². The Labute approximate surface area is 252 Å². The minimum atomic E-state index is -0.0970. The van der Waals surface area contributed by atoms with E-state index < -0.39 is 0 Å². The van der Waals surface area contributed by atoms with Gasteiger partial charge in [0.15, 0.2) is 5.82 Å². The van der Waals surface area contributed by atoms with E-state index in [9.17, 15) is 9.90 Å². The fourth-order valence-electron chi connectivity index (χ4n) is 6.71. The monoisotopic (exact) mass is 577 g/mol. The molecule has 1 spiro atoms. The molecule has 0 aliphatic carbocycles. The molecule has 3 aliphatic rings. The molecular formula is C33H51N7O2. The molecule has 42 heavy (non-hydrogen) atoms. The lowest BCUT2D eigenvalue weighted by atomic mass is 9.75. The van der Waals surface area contributed by atoms with E-state index in [1.165, 1.54) is 5.56 Å². The molecule has 5 rings (SSSR count). The van der Waals surface area contributed by atoms with Gasteiger partial charge in [-0.05, 0) is 61.8 Å². The van der Waals surface area contributed by atoms with Gasteiger partial charge in [0.1, 0.15) is 0 Å². The Morgan fingerprint density at radius 2 is 1.60 bits per heavy atom. The summed E-state index contributed by atoms with van der Waals surface area (Å²) in [5.41, 5.74) is 3.41. The second kappa shape index (κ2) is 12.5. The quantitative estimate of drug-likeness (QED) is 0.443. The van der Waals surface area contributed by atoms with Crippen LogP contribution in [0.25, 0.3) is 0 Å². The van der Waals surface area contributed by atoms with Crippen LogP contribution < -0.4 is 10.2 Å². The Morgan fingerprint density at radius 3 is 2.14 bits per heavy atom. The highest BCUT2D eigenvalue weighted by Crippen LogP contribution is 2.39. The molecule has 9 nitrogen and oxygen atoms in total. The normalized spacial score (nSPS) is 21.1. The van der Waals surface area contributed by atoms with Crippen molar-refractivity contribution < 1.29 is 9.90 Å². The first-order valence-corrected chi connectivity index (χ1v) is 15.9. The van der Waals surface area contributed by atoms with Gasteiger partial charge in [-0.2, -0.15) is 5.10 Å². The number of pyridine rings is 1. The highest BCUT2D eigenvalue weighted by atomic mass is 16.3. The molecule has 5 heterocycles. The number of hydrogen-bond donors (Lipinski definition) is 2. The van der Waals surface area contributed by atoms with Crippen molar-refractivity contribution in [3.05, 3.63) is 47.4 Å². The highest BCUT2D eigenvalue weighted by molar-refractivity contribution is 5.79. The zero-order chi connectivity index (χ0) is 30.0. The number of aliphatic hydroxyl groups excluding tert-OH is 1. The molecule has 0 radical (unpaired) electrons. The molecule has 0 bridgehead atoms. The molecular weight excluding hydrogens is 526 g/mol. The average Bonchev–Trinajstić information content (AvgIpc) is 3.36. The van der Waals surface area contributed by atoms with Crippen molar-refractivity contribution in [2.24, 2.45) is 5.41 Å². The van der Waals surface area contributed by atoms with Crippen LogP contribution in [0.4, 0.5) is 5.82 Å². The Balaban J connectivity index is 1.11. The minimum Gasteiger partial charge on any atom is -0.395 e. The number of hydrogen-bond acceptors (Lipinski definition) is 8. The first-order valence-electron chi connectivity index (χ1n) is 15.9. The van der Waals surface area contributed by atoms with Gasteiger partial charge < -0.3 is 15.3 Å². The summed E-state index contributed by atoms with van der Waals surface area (Å²) in [4.78, 5) is 23.8. The molecule has 230 valence electrons. The van der Waals surface area contributed by atoms with Gasteiger partial charge in [0.2, 0.25) is 5.91 Å². The first-order chi connectivity index (χ1) is 20.0. The van der Waals surface area contributed by atoms with Crippen molar-refractivity contribution in [3.8, 4) is 0 Å². The summed E-state index contributed by atoms with van der Waals surface area (Å²) in [5.74, 6) is 1.13. The van der Waals surface area contributed by atoms with Crippen LogP contribution in [-0.4, -0.2) is 94.5 Å². The van der Waals surface area contributed by atoms with E-state index in [0.717, 1.165) is 95.2 Å². The largest absolute Gasteiger partial charge is 0.395 e. The van der Waals surface area contributed by atoms with E-state index in [1.807, 2.05) is 0 Å². The molecule has 1 unspecified atom stereocenters. The van der Waals surface area contributed by atoms with Crippen molar-refractivity contribution in [1.82, 2.24) is 30.3 Å². The number of rotatable bonds is 10. The fourth-order valence-corrected chi connectivity index (χ4v) is 6.71. The van der Waals surface area contributed by atoms with Gasteiger partial charge in [0.05, 0.1) is 12.3 Å². The predicted molar refractivity (Wildman–Crippen MR) is 166 cm³/mol. The smallest absolute Gasteiger partial charge is 0.220 e. The molecule has 9 heteroatoms. The van der Waals surface area contributed by atoms with E-state index in [4.69, 9.17) is 10.1 Å². The maximum atomic E-state index is 11.7. The lowest BCUT2D eigenvalue weighted by Gasteiger charge is -2.38. The van der Waals surface area contributed by atoms with Gasteiger partial charge in [0, 0.05) is 87.5 Å². The number of nitrogens with one attached hydrogen (secondary N) is 1. The van der Waals surface area contributed by atoms with Crippen molar-refractivity contribution in [2.45, 2.75) is 90.1 Å². The van der Waals surface area contributed by atoms with Gasteiger partial charge in [-0.1, -0.05) is 33.8 Å². The summed E-state index contributed by atoms with van der Waals surface area (Å²) < 4.78 is 0. The number of amides is 1. The maximum absolute atomic E-state index is 11.7. The van der Waals surface area contributed by atoms with Crippen LogP contribution in [0.3, 0.4) is 0 Å². The molecule has 1 atom stereocenters. The molecule has 2 N–H and O–H groups in total. The number of aromatic nitrogens is 3. The van der Waals surface area contributed by atoms with Crippen LogP contribution in [0.5, 0.6) is 0 Å². The van der Waals surface area contributed by atoms with Crippen LogP contribution in [0.15, 0.2) is 30.5 Å². The summed E-state index contributed by atoms with van der Waals surface area (Å²) in [7, 11) is 0. The maximum Gasteiger partial charge on any atom is 0.220 e. The van der Waals surface area contributed by atoms with Gasteiger partial charge in [0.25, 0.3) is 0 Å². The van der Waals surface area contributed by atoms with Crippen molar-refractivity contribution in [3.63, 3.8) is 0 Å². The Kier molecular flexibility index (Phi) is 9.21. The summed E-state index contributed by atoms with van der Waals surface area (Å²) in [6.45, 7) is 19.1. The number of aliphatic hydroxyl groups is 1. The zero-order valence-electron chi connectivity index (χ0n) is 26.4. The Bertz CT molecular complexity index is 1180. The Morgan fingerprint density at radius 1 is 0.929 bits per heavy atom. The average molecular weight is 578 g/mol. The minimum absolute atomic E-state index is 0.0462. The topological polar surface area (TPSA) is 97.7 Å². The molecule has 2 aromatic rings. The van der Waals surface area contributed by atoms with E-state index in [2.05, 4.69) is 90.2 Å². The first kappa shape index (κ1) is 30.8. The van der Waals surface area contributed by atoms with Gasteiger partial charge in [-0.15, -0.1) is 5.10 Å². The number of anilines is 1. The number of piperidine rings is 1. The Hall–Kier alpha value is -2.62. The van der Waals surface area contributed by atoms with Crippen LogP contribution in [0.2, 0.25) is 0 Å². The molecule has 0 aromatic carbocycles. The van der Waals surface area contributed by atoms with Gasteiger partial charge >= 0.3 is 0 Å². The second-order valence-corrected chi connectivity index (χ2v) is 14.4. The SMILES string of the molecule is CC(CO)N1CCN(Cc2ccc(C(C)(C)CCC(C)(C)c3ccc(N4CCC5(CC4)CNC(=O)C5)nn3)nc2)CC1. The van der Waals surface area contributed by atoms with Gasteiger partial charge in [-0.25, -0.2) is 0 Å². The number of carbonyl (C=O) groups is 1. The van der Waals surface area contributed by atoms with Gasteiger partial charge in [-0.3, -0.25) is 19.6 Å². The number of carbonyl (C=O) groups excluding carboxylic acids is 1. The highest BCUT2D eigenvalue weighted by Gasteiger charge is 2.41. The van der Waals surface area contributed by atoms with Crippen LogP contribution >= 0.6 is 0 Å². The van der Waals surface area contributed by atoms with E-state index in [1.54, 1.807) is 0 Å². The fraction of sp³-hybridized carbons (Fsp3) is 0.697. The summed E-state index contributed by atoms with van der Waals surface area (Å²) in [6, 6.07) is 8.96. The third-order valence-electron chi connectivity index (χ3n) is 10.3. The molecule has 2 aromatic heterocycles. The lowest BCUT2D eigenvalue weighted by molar-refractivity contribution is -0.119. The van der Waals surface area contributed by atoms with Crippen LogP contribution in [0.1, 0.15) is 83.7 Å². The third kappa shape index (κ3) is 7.12. The number of nitrogens with zero attached hydrogens (tertiary/aromatic N) is 6. The zero-order valence-corrected chi connectivity index (χ0v) is 26.4. The molecule has 3 aliphatic heterocycles. The summed E-state index contributed by atoms with van der Waals surface area (Å²) >= 11 is 0. The molecule has 3 saturated heterocycles. The molecule has 0 saturated carbocycles. The molecule has 1 amide bonds. The van der Waals surface area contributed by atoms with Crippen LogP contribution in [-0.2, 0) is 22.2 Å². The van der Waals surface area contributed by atoms with E-state index >= 15 is 0 Å². The number of piperazine rings is 1. The van der Waals surface area contributed by atoms with Crippen molar-refractivity contribution in [2.75, 3.05) is 57.3 Å². The van der Waals surface area contributed by atoms with Crippen molar-refractivity contribution >= 4 is 11.7 Å². The standard InChI is InChI=1S/C33H51N7O2/c1-25(23-41)39-18-16-38(17-19-39)22-26-6-7-27(34-21-26)31(2,3)10-11-32(4,5)28-8-9-29(37-36-28)40-14-12-33(13-15-40)20-30(42)35-24-33/h6-9,21,25,41H,10-20,22-24H2,1-5H3,(H,35,42). The summed E-state index contributed by atoms with van der Waals surface area (Å²) in [5, 5.41) is 21.8. The molecule has 3 fully saturated rings. The van der Waals surface area contributed by atoms with E-state index in [-0.39, 0.29) is 34.8 Å². The van der Waals surface area contributed by atoms with Crippen molar-refractivity contribution in [1.29, 1.82) is 0 Å². The lowest BCUT2D eigenvalue weighted by Crippen LogP contribution is -2.50. The van der Waals surface area contributed by atoms with Crippen LogP contribution in [0, 0.1) is 5.41 Å². The second-order valence-electron chi connectivity index (χ2n) is 14.4.